The molecule has 2 atom stereocenters. The first kappa shape index (κ1) is 25.3. The number of nitrogens with zero attached hydrogens (tertiary/aromatic N) is 3. The monoisotopic (exact) mass is 519 g/mol. The molecule has 6 nitrogen and oxygen atoms in total. The molecule has 28 heavy (non-hydrogen) atoms. The number of rotatable bonds is 6. The molecule has 10 heteroatoms. The molecular weight excluding hydrogens is 486 g/mol. The van der Waals surface area contributed by atoms with E-state index in [1.807, 2.05) is 11.8 Å². The fourth-order valence-corrected chi connectivity index (χ4v) is 3.74. The van der Waals surface area contributed by atoms with Crippen LogP contribution in [0.1, 0.15) is 46.0 Å². The molecule has 0 saturated carbocycles. The van der Waals surface area contributed by atoms with Crippen molar-refractivity contribution in [1.29, 1.82) is 0 Å². The summed E-state index contributed by atoms with van der Waals surface area (Å²) in [5, 5.41) is 6.31. The molecule has 2 unspecified atom stereocenters. The van der Waals surface area contributed by atoms with E-state index >= 15 is 0 Å². The van der Waals surface area contributed by atoms with Crippen molar-refractivity contribution in [3.8, 4) is 0 Å². The Labute approximate surface area is 182 Å². The second-order valence-electron chi connectivity index (χ2n) is 7.42. The molecule has 2 fully saturated rings. The summed E-state index contributed by atoms with van der Waals surface area (Å²) in [5.41, 5.74) is 0. The zero-order valence-electron chi connectivity index (χ0n) is 16.7. The van der Waals surface area contributed by atoms with Gasteiger partial charge in [-0.15, -0.1) is 24.0 Å². The van der Waals surface area contributed by atoms with Crippen LogP contribution in [0.15, 0.2) is 4.99 Å². The van der Waals surface area contributed by atoms with Crippen molar-refractivity contribution in [1.82, 2.24) is 20.4 Å². The van der Waals surface area contributed by atoms with Gasteiger partial charge >= 0.3 is 6.18 Å². The summed E-state index contributed by atoms with van der Waals surface area (Å²) >= 11 is 0. The van der Waals surface area contributed by atoms with Gasteiger partial charge < -0.3 is 15.5 Å². The first-order valence-electron chi connectivity index (χ1n) is 9.92. The second kappa shape index (κ2) is 12.0. The van der Waals surface area contributed by atoms with Gasteiger partial charge in [-0.25, -0.2) is 0 Å². The Bertz CT molecular complexity index is 518. The van der Waals surface area contributed by atoms with Gasteiger partial charge in [-0.05, 0) is 39.5 Å². The second-order valence-corrected chi connectivity index (χ2v) is 7.42. The number of nitrogens with one attached hydrogen (secondary N) is 2. The predicted molar refractivity (Wildman–Crippen MR) is 115 cm³/mol. The molecule has 0 aromatic carbocycles. The lowest BCUT2D eigenvalue weighted by Crippen LogP contribution is -2.45. The highest BCUT2D eigenvalue weighted by molar-refractivity contribution is 14.0. The van der Waals surface area contributed by atoms with Gasteiger partial charge in [0.25, 0.3) is 0 Å². The average Bonchev–Trinajstić information content (AvgIpc) is 3.00. The van der Waals surface area contributed by atoms with Crippen molar-refractivity contribution in [2.75, 3.05) is 39.3 Å². The molecular formula is C18H33F3IN5O. The highest BCUT2D eigenvalue weighted by Gasteiger charge is 2.34. The lowest BCUT2D eigenvalue weighted by atomic mass is 10.0. The summed E-state index contributed by atoms with van der Waals surface area (Å²) in [5.74, 6) is 0.690. The SMILES string of the molecule is CCNC(=NCCC(=O)N1CCCCC1C)NC1CCN(CC(F)(F)F)C1.I. The largest absolute Gasteiger partial charge is 0.401 e. The number of aliphatic imine (C=N–C) groups is 1. The highest BCUT2D eigenvalue weighted by Crippen LogP contribution is 2.20. The number of hydrogen-bond acceptors (Lipinski definition) is 3. The van der Waals surface area contributed by atoms with Gasteiger partial charge in [-0.2, -0.15) is 13.2 Å². The fourth-order valence-electron chi connectivity index (χ4n) is 3.74. The van der Waals surface area contributed by atoms with Gasteiger partial charge in [0.1, 0.15) is 0 Å². The third-order valence-corrected chi connectivity index (χ3v) is 5.08. The summed E-state index contributed by atoms with van der Waals surface area (Å²) in [4.78, 5) is 20.2. The van der Waals surface area contributed by atoms with Crippen LogP contribution in [0.4, 0.5) is 13.2 Å². The summed E-state index contributed by atoms with van der Waals surface area (Å²) in [6, 6.07) is 0.225. The average molecular weight is 519 g/mol. The number of alkyl halides is 3. The van der Waals surface area contributed by atoms with Crippen LogP contribution in [-0.2, 0) is 4.79 Å². The van der Waals surface area contributed by atoms with Crippen molar-refractivity contribution in [2.45, 2.75) is 64.2 Å². The van der Waals surface area contributed by atoms with Gasteiger partial charge in [0.2, 0.25) is 5.91 Å². The Morgan fingerprint density at radius 1 is 1.21 bits per heavy atom. The van der Waals surface area contributed by atoms with E-state index in [0.29, 0.717) is 51.0 Å². The minimum absolute atomic E-state index is 0. The lowest BCUT2D eigenvalue weighted by molar-refractivity contribution is -0.143. The Kier molecular flexibility index (Phi) is 10.9. The first-order valence-corrected chi connectivity index (χ1v) is 9.92. The number of piperidine rings is 1. The molecule has 2 aliphatic heterocycles. The van der Waals surface area contributed by atoms with Gasteiger partial charge in [0.15, 0.2) is 5.96 Å². The van der Waals surface area contributed by atoms with Gasteiger partial charge in [0.05, 0.1) is 13.1 Å². The molecule has 0 aliphatic carbocycles. The number of halogens is 4. The summed E-state index contributed by atoms with van der Waals surface area (Å²) < 4.78 is 37.5. The third-order valence-electron chi connectivity index (χ3n) is 5.08. The molecule has 2 rings (SSSR count). The van der Waals surface area contributed by atoms with Crippen molar-refractivity contribution >= 4 is 35.8 Å². The molecule has 0 spiro atoms. The maximum Gasteiger partial charge on any atom is 0.401 e. The standard InChI is InChI=1S/C18H32F3N5O.HI/c1-3-22-17(24-15-8-11-25(12-15)13-18(19,20)21)23-9-7-16(27)26-10-5-4-6-14(26)2;/h14-15H,3-13H2,1-2H3,(H2,22,23,24);1H. The van der Waals surface area contributed by atoms with Crippen molar-refractivity contribution in [2.24, 2.45) is 4.99 Å². The summed E-state index contributed by atoms with van der Waals surface area (Å²) in [6.45, 7) is 5.75. The predicted octanol–water partition coefficient (Wildman–Crippen LogP) is 2.59. The quantitative estimate of drug-likeness (QED) is 0.322. The molecule has 1 amide bonds. The number of hydrogen-bond donors (Lipinski definition) is 2. The topological polar surface area (TPSA) is 60.0 Å². The lowest BCUT2D eigenvalue weighted by Gasteiger charge is -2.33. The van der Waals surface area contributed by atoms with E-state index in [2.05, 4.69) is 22.5 Å². The smallest absolute Gasteiger partial charge is 0.357 e. The van der Waals surface area contributed by atoms with Crippen molar-refractivity contribution in [3.63, 3.8) is 0 Å². The zero-order valence-corrected chi connectivity index (χ0v) is 19.1. The van der Waals surface area contributed by atoms with E-state index in [4.69, 9.17) is 0 Å². The van der Waals surface area contributed by atoms with E-state index in [1.54, 1.807) is 0 Å². The van der Waals surface area contributed by atoms with Crippen molar-refractivity contribution < 1.29 is 18.0 Å². The molecule has 0 aromatic heterocycles. The molecule has 164 valence electrons. The fraction of sp³-hybridized carbons (Fsp3) is 0.889. The zero-order chi connectivity index (χ0) is 19.9. The van der Waals surface area contributed by atoms with Gasteiger partial charge in [-0.1, -0.05) is 0 Å². The van der Waals surface area contributed by atoms with Gasteiger partial charge in [0, 0.05) is 44.7 Å². The van der Waals surface area contributed by atoms with E-state index in [-0.39, 0.29) is 35.9 Å². The first-order chi connectivity index (χ1) is 12.8. The van der Waals surface area contributed by atoms with Crippen LogP contribution in [0, 0.1) is 0 Å². The molecule has 2 heterocycles. The Balaban J connectivity index is 0.00000392. The van der Waals surface area contributed by atoms with Crippen molar-refractivity contribution in [3.05, 3.63) is 0 Å². The van der Waals surface area contributed by atoms with Crippen LogP contribution >= 0.6 is 24.0 Å². The Morgan fingerprint density at radius 2 is 1.96 bits per heavy atom. The molecule has 0 radical (unpaired) electrons. The minimum Gasteiger partial charge on any atom is -0.357 e. The van der Waals surface area contributed by atoms with Gasteiger partial charge in [-0.3, -0.25) is 14.7 Å². The van der Waals surface area contributed by atoms with E-state index in [0.717, 1.165) is 19.4 Å². The number of carbonyl (C=O) groups is 1. The maximum absolute atomic E-state index is 12.5. The number of carbonyl (C=O) groups excluding carboxylic acids is 1. The summed E-state index contributed by atoms with van der Waals surface area (Å²) in [7, 11) is 0. The molecule has 0 bridgehead atoms. The normalized spacial score (nSPS) is 24.0. The third kappa shape index (κ3) is 8.71. The number of amides is 1. The number of guanidine groups is 1. The van der Waals surface area contributed by atoms with Crippen LogP contribution in [0.3, 0.4) is 0 Å². The number of likely N-dealkylation sites (tertiary alicyclic amines) is 2. The minimum atomic E-state index is -4.17. The van der Waals surface area contributed by atoms with E-state index < -0.39 is 12.7 Å². The van der Waals surface area contributed by atoms with Crippen LogP contribution in [0.5, 0.6) is 0 Å². The van der Waals surface area contributed by atoms with Crippen LogP contribution in [0.25, 0.3) is 0 Å². The Hall–Kier alpha value is -0.780. The molecule has 2 N–H and O–H groups in total. The van der Waals surface area contributed by atoms with Crippen LogP contribution in [-0.4, -0.2) is 79.2 Å². The maximum atomic E-state index is 12.5. The summed E-state index contributed by atoms with van der Waals surface area (Å²) in [6.07, 6.45) is 0.106. The van der Waals surface area contributed by atoms with Crippen LogP contribution < -0.4 is 10.6 Å². The highest BCUT2D eigenvalue weighted by atomic mass is 127. The molecule has 0 aromatic rings. The molecule has 2 saturated heterocycles. The van der Waals surface area contributed by atoms with Crippen LogP contribution in [0.2, 0.25) is 0 Å². The Morgan fingerprint density at radius 3 is 2.61 bits per heavy atom. The van der Waals surface area contributed by atoms with E-state index in [9.17, 15) is 18.0 Å². The molecule has 2 aliphatic rings. The van der Waals surface area contributed by atoms with E-state index in [1.165, 1.54) is 11.3 Å².